The van der Waals surface area contributed by atoms with Crippen LogP contribution in [0.25, 0.3) is 11.0 Å². The molecule has 1 aromatic carbocycles. The fraction of sp³-hybridized carbons (Fsp3) is 0.267. The Balaban J connectivity index is 1.51. The Morgan fingerprint density at radius 2 is 2.14 bits per heavy atom. The van der Waals surface area contributed by atoms with Gasteiger partial charge in [-0.25, -0.2) is 0 Å². The normalized spacial score (nSPS) is 17.9. The standard InChI is InChI=1S/C15H13N3O4/c19-13(12-8-9-4-1-2-5-10(9)21-12)16-15-18-17-14(22-15)11-6-3-7-20-11/h1-2,4-5,8,11H,3,6-7H2,(H,16,18,19)/t11-/m0/s1. The predicted molar refractivity (Wildman–Crippen MR) is 76.4 cm³/mol. The van der Waals surface area contributed by atoms with E-state index in [-0.39, 0.29) is 17.9 Å². The van der Waals surface area contributed by atoms with Crippen molar-refractivity contribution in [3.8, 4) is 0 Å². The molecule has 1 N–H and O–H groups in total. The van der Waals surface area contributed by atoms with E-state index in [9.17, 15) is 4.79 Å². The third kappa shape index (κ3) is 2.35. The van der Waals surface area contributed by atoms with Crippen LogP contribution in [-0.4, -0.2) is 22.7 Å². The Morgan fingerprint density at radius 1 is 1.23 bits per heavy atom. The van der Waals surface area contributed by atoms with Crippen molar-refractivity contribution in [3.63, 3.8) is 0 Å². The van der Waals surface area contributed by atoms with E-state index >= 15 is 0 Å². The van der Waals surface area contributed by atoms with Crippen LogP contribution in [0.5, 0.6) is 0 Å². The molecule has 112 valence electrons. The minimum absolute atomic E-state index is 0.0379. The van der Waals surface area contributed by atoms with Crippen molar-refractivity contribution in [2.24, 2.45) is 0 Å². The van der Waals surface area contributed by atoms with Crippen molar-refractivity contribution in [2.45, 2.75) is 18.9 Å². The number of fused-ring (bicyclic) bond motifs is 1. The van der Waals surface area contributed by atoms with Gasteiger partial charge in [0.15, 0.2) is 5.76 Å². The van der Waals surface area contributed by atoms with Gasteiger partial charge >= 0.3 is 6.01 Å². The number of anilines is 1. The first kappa shape index (κ1) is 13.0. The summed E-state index contributed by atoms with van der Waals surface area (Å²) < 4.78 is 16.3. The van der Waals surface area contributed by atoms with E-state index in [1.807, 2.05) is 18.2 Å². The first-order valence-corrected chi connectivity index (χ1v) is 7.04. The molecule has 0 spiro atoms. The summed E-state index contributed by atoms with van der Waals surface area (Å²) in [5.74, 6) is 0.147. The second-order valence-corrected chi connectivity index (χ2v) is 5.05. The van der Waals surface area contributed by atoms with Crippen molar-refractivity contribution < 1.29 is 18.4 Å². The number of aromatic nitrogens is 2. The number of furan rings is 1. The molecule has 3 aromatic rings. The molecule has 4 rings (SSSR count). The zero-order valence-corrected chi connectivity index (χ0v) is 11.6. The fourth-order valence-electron chi connectivity index (χ4n) is 2.44. The number of rotatable bonds is 3. The lowest BCUT2D eigenvalue weighted by atomic mass is 10.2. The lowest BCUT2D eigenvalue weighted by Gasteiger charge is -2.01. The number of hydrogen-bond acceptors (Lipinski definition) is 6. The summed E-state index contributed by atoms with van der Waals surface area (Å²) in [6.07, 6.45) is 1.64. The Labute approximate surface area is 125 Å². The molecule has 0 bridgehead atoms. The highest BCUT2D eigenvalue weighted by Gasteiger charge is 2.24. The highest BCUT2D eigenvalue weighted by atomic mass is 16.5. The topological polar surface area (TPSA) is 90.4 Å². The number of ether oxygens (including phenoxy) is 1. The molecule has 1 amide bonds. The van der Waals surface area contributed by atoms with E-state index in [1.54, 1.807) is 12.1 Å². The van der Waals surface area contributed by atoms with Gasteiger partial charge < -0.3 is 13.6 Å². The van der Waals surface area contributed by atoms with Crippen LogP contribution < -0.4 is 5.32 Å². The quantitative estimate of drug-likeness (QED) is 0.799. The van der Waals surface area contributed by atoms with Gasteiger partial charge in [0.05, 0.1) is 0 Å². The molecule has 0 radical (unpaired) electrons. The van der Waals surface area contributed by atoms with Crippen LogP contribution in [0.15, 0.2) is 39.2 Å². The highest BCUT2D eigenvalue weighted by molar-refractivity contribution is 6.03. The Morgan fingerprint density at radius 3 is 2.95 bits per heavy atom. The molecule has 1 aliphatic rings. The van der Waals surface area contributed by atoms with Crippen molar-refractivity contribution in [2.75, 3.05) is 11.9 Å². The average Bonchev–Trinajstić information content (AvgIpc) is 3.26. The van der Waals surface area contributed by atoms with Crippen LogP contribution in [0, 0.1) is 0 Å². The number of para-hydroxylation sites is 1. The summed E-state index contributed by atoms with van der Waals surface area (Å²) in [6, 6.07) is 9.11. The second kappa shape index (κ2) is 5.27. The molecule has 22 heavy (non-hydrogen) atoms. The van der Waals surface area contributed by atoms with E-state index in [1.165, 1.54) is 0 Å². The maximum atomic E-state index is 12.2. The molecule has 3 heterocycles. The molecule has 7 nitrogen and oxygen atoms in total. The third-order valence-corrected chi connectivity index (χ3v) is 3.52. The van der Waals surface area contributed by atoms with Crippen molar-refractivity contribution in [1.29, 1.82) is 0 Å². The first-order chi connectivity index (χ1) is 10.8. The first-order valence-electron chi connectivity index (χ1n) is 7.04. The van der Waals surface area contributed by atoms with Crippen LogP contribution in [0.2, 0.25) is 0 Å². The molecule has 7 heteroatoms. The third-order valence-electron chi connectivity index (χ3n) is 3.52. The van der Waals surface area contributed by atoms with Gasteiger partial charge in [-0.3, -0.25) is 10.1 Å². The zero-order valence-electron chi connectivity index (χ0n) is 11.6. The molecular formula is C15H13N3O4. The van der Waals surface area contributed by atoms with Crippen LogP contribution in [0.1, 0.15) is 35.4 Å². The molecule has 0 aliphatic carbocycles. The van der Waals surface area contributed by atoms with Crippen LogP contribution >= 0.6 is 0 Å². The van der Waals surface area contributed by atoms with Crippen molar-refractivity contribution >= 4 is 22.9 Å². The maximum absolute atomic E-state index is 12.2. The average molecular weight is 299 g/mol. The summed E-state index contributed by atoms with van der Waals surface area (Å²) in [5, 5.41) is 11.1. The van der Waals surface area contributed by atoms with Gasteiger partial charge in [0.2, 0.25) is 5.89 Å². The number of nitrogens with one attached hydrogen (secondary N) is 1. The minimum atomic E-state index is -0.432. The predicted octanol–water partition coefficient (Wildman–Crippen LogP) is 2.92. The Bertz CT molecular complexity index is 784. The van der Waals surface area contributed by atoms with Gasteiger partial charge in [-0.1, -0.05) is 23.3 Å². The van der Waals surface area contributed by atoms with E-state index in [4.69, 9.17) is 13.6 Å². The number of benzene rings is 1. The van der Waals surface area contributed by atoms with Gasteiger partial charge in [-0.15, -0.1) is 5.10 Å². The minimum Gasteiger partial charge on any atom is -0.451 e. The number of hydrogen-bond donors (Lipinski definition) is 1. The summed E-state index contributed by atoms with van der Waals surface area (Å²) in [6.45, 7) is 0.688. The summed E-state index contributed by atoms with van der Waals surface area (Å²) >= 11 is 0. The zero-order chi connectivity index (χ0) is 14.9. The highest BCUT2D eigenvalue weighted by Crippen LogP contribution is 2.28. The Kier molecular flexibility index (Phi) is 3.12. The van der Waals surface area contributed by atoms with E-state index in [0.29, 0.717) is 18.1 Å². The van der Waals surface area contributed by atoms with Crippen LogP contribution in [0.4, 0.5) is 6.01 Å². The van der Waals surface area contributed by atoms with E-state index < -0.39 is 5.91 Å². The molecule has 2 aromatic heterocycles. The molecule has 0 saturated carbocycles. The SMILES string of the molecule is O=C(Nc1nnc([C@@H]2CCCO2)o1)c1cc2ccccc2o1. The largest absolute Gasteiger partial charge is 0.451 e. The molecule has 1 saturated heterocycles. The maximum Gasteiger partial charge on any atom is 0.322 e. The van der Waals surface area contributed by atoms with E-state index in [0.717, 1.165) is 18.2 Å². The van der Waals surface area contributed by atoms with Crippen molar-refractivity contribution in [1.82, 2.24) is 10.2 Å². The molecule has 1 fully saturated rings. The molecule has 1 atom stereocenters. The van der Waals surface area contributed by atoms with Gasteiger partial charge in [0.25, 0.3) is 5.91 Å². The molecular weight excluding hydrogens is 286 g/mol. The summed E-state index contributed by atoms with van der Waals surface area (Å²) in [4.78, 5) is 12.2. The lowest BCUT2D eigenvalue weighted by molar-refractivity contribution is 0.0891. The molecule has 1 aliphatic heterocycles. The van der Waals surface area contributed by atoms with Gasteiger partial charge in [-0.05, 0) is 25.0 Å². The summed E-state index contributed by atoms with van der Waals surface area (Å²) in [5.41, 5.74) is 0.651. The van der Waals surface area contributed by atoms with Gasteiger partial charge in [0.1, 0.15) is 11.7 Å². The smallest absolute Gasteiger partial charge is 0.322 e. The van der Waals surface area contributed by atoms with Crippen LogP contribution in [-0.2, 0) is 4.74 Å². The number of amides is 1. The molecule has 0 unspecified atom stereocenters. The van der Waals surface area contributed by atoms with Gasteiger partial charge in [-0.2, -0.15) is 0 Å². The van der Waals surface area contributed by atoms with E-state index in [2.05, 4.69) is 15.5 Å². The monoisotopic (exact) mass is 299 g/mol. The fourth-order valence-corrected chi connectivity index (χ4v) is 2.44. The summed E-state index contributed by atoms with van der Waals surface area (Å²) in [7, 11) is 0. The van der Waals surface area contributed by atoms with Crippen molar-refractivity contribution in [3.05, 3.63) is 42.0 Å². The number of carbonyl (C=O) groups is 1. The second-order valence-electron chi connectivity index (χ2n) is 5.05. The number of nitrogens with zero attached hydrogens (tertiary/aromatic N) is 2. The van der Waals surface area contributed by atoms with Gasteiger partial charge in [0, 0.05) is 12.0 Å². The van der Waals surface area contributed by atoms with Crippen LogP contribution in [0.3, 0.4) is 0 Å². The number of carbonyl (C=O) groups excluding carboxylic acids is 1. The lowest BCUT2D eigenvalue weighted by Crippen LogP contribution is -2.11. The Hall–Kier alpha value is -2.67.